The maximum Gasteiger partial charge on any atom is 0.319 e. The van der Waals surface area contributed by atoms with Gasteiger partial charge in [0.2, 0.25) is 0 Å². The first-order chi connectivity index (χ1) is 12.1. The Kier molecular flexibility index (Phi) is 5.38. The second-order valence-electron chi connectivity index (χ2n) is 6.54. The standard InChI is InChI=1S/C19H26N4O2/c1-4-14(3)20-19(24)21-15-5-6-17-16(12-15)13(2)11-18(22-17)23-7-9-25-10-8-23/h5-6,11-12,14H,4,7-10H2,1-3H3,(H2,20,21,24)/t14-/m1/s1. The molecule has 0 bridgehead atoms. The Morgan fingerprint density at radius 2 is 2.08 bits per heavy atom. The molecule has 6 nitrogen and oxygen atoms in total. The van der Waals surface area contributed by atoms with Crippen molar-refractivity contribution in [1.82, 2.24) is 10.3 Å². The first kappa shape index (κ1) is 17.5. The lowest BCUT2D eigenvalue weighted by molar-refractivity contribution is 0.122. The summed E-state index contributed by atoms with van der Waals surface area (Å²) < 4.78 is 5.41. The number of fused-ring (bicyclic) bond motifs is 1. The molecule has 6 heteroatoms. The maximum absolute atomic E-state index is 12.0. The number of aryl methyl sites for hydroxylation is 1. The number of urea groups is 1. The number of anilines is 2. The van der Waals surface area contributed by atoms with E-state index in [0.29, 0.717) is 0 Å². The van der Waals surface area contributed by atoms with Crippen LogP contribution in [-0.2, 0) is 4.74 Å². The first-order valence-corrected chi connectivity index (χ1v) is 8.88. The Labute approximate surface area is 148 Å². The number of amides is 2. The predicted octanol–water partition coefficient (Wildman–Crippen LogP) is 3.30. The molecule has 2 N–H and O–H groups in total. The summed E-state index contributed by atoms with van der Waals surface area (Å²) in [5.41, 5.74) is 2.86. The van der Waals surface area contributed by atoms with Crippen molar-refractivity contribution in [2.24, 2.45) is 0 Å². The molecule has 1 aliphatic heterocycles. The molecule has 0 saturated carbocycles. The maximum atomic E-state index is 12.0. The van der Waals surface area contributed by atoms with Crippen LogP contribution in [0.15, 0.2) is 24.3 Å². The summed E-state index contributed by atoms with van der Waals surface area (Å²) >= 11 is 0. The minimum absolute atomic E-state index is 0.153. The lowest BCUT2D eigenvalue weighted by Crippen LogP contribution is -2.36. The third-order valence-corrected chi connectivity index (χ3v) is 4.58. The molecule has 0 radical (unpaired) electrons. The molecular formula is C19H26N4O2. The van der Waals surface area contributed by atoms with E-state index in [2.05, 4.69) is 28.5 Å². The van der Waals surface area contributed by atoms with E-state index < -0.39 is 0 Å². The highest BCUT2D eigenvalue weighted by Crippen LogP contribution is 2.25. The van der Waals surface area contributed by atoms with Gasteiger partial charge in [0.25, 0.3) is 0 Å². The van der Waals surface area contributed by atoms with E-state index in [9.17, 15) is 4.79 Å². The summed E-state index contributed by atoms with van der Waals surface area (Å²) in [6.07, 6.45) is 0.901. The summed E-state index contributed by atoms with van der Waals surface area (Å²) in [4.78, 5) is 19.0. The number of hydrogen-bond donors (Lipinski definition) is 2. The second-order valence-corrected chi connectivity index (χ2v) is 6.54. The van der Waals surface area contributed by atoms with Crippen molar-refractivity contribution in [3.8, 4) is 0 Å². The summed E-state index contributed by atoms with van der Waals surface area (Å²) in [5, 5.41) is 6.86. The van der Waals surface area contributed by atoms with Gasteiger partial charge in [-0.1, -0.05) is 6.92 Å². The minimum atomic E-state index is -0.177. The van der Waals surface area contributed by atoms with Crippen LogP contribution in [0.2, 0.25) is 0 Å². The Bertz CT molecular complexity index is 756. The molecule has 2 heterocycles. The number of hydrogen-bond acceptors (Lipinski definition) is 4. The molecular weight excluding hydrogens is 316 g/mol. The van der Waals surface area contributed by atoms with Gasteiger partial charge in [0.05, 0.1) is 18.7 Å². The molecule has 0 spiro atoms. The molecule has 2 amide bonds. The Morgan fingerprint density at radius 1 is 1.32 bits per heavy atom. The number of ether oxygens (including phenoxy) is 1. The number of pyridine rings is 1. The van der Waals surface area contributed by atoms with Crippen molar-refractivity contribution in [3.63, 3.8) is 0 Å². The van der Waals surface area contributed by atoms with Gasteiger partial charge in [-0.2, -0.15) is 0 Å². The summed E-state index contributed by atoms with van der Waals surface area (Å²) in [7, 11) is 0. The van der Waals surface area contributed by atoms with E-state index in [1.165, 1.54) is 0 Å². The van der Waals surface area contributed by atoms with Gasteiger partial charge < -0.3 is 20.3 Å². The van der Waals surface area contributed by atoms with Crippen molar-refractivity contribution in [2.75, 3.05) is 36.5 Å². The van der Waals surface area contributed by atoms with Gasteiger partial charge in [-0.25, -0.2) is 9.78 Å². The van der Waals surface area contributed by atoms with Gasteiger partial charge >= 0.3 is 6.03 Å². The number of morpholine rings is 1. The number of aromatic nitrogens is 1. The molecule has 1 saturated heterocycles. The van der Waals surface area contributed by atoms with Crippen molar-refractivity contribution in [2.45, 2.75) is 33.2 Å². The van der Waals surface area contributed by atoms with Gasteiger partial charge in [-0.3, -0.25) is 0 Å². The van der Waals surface area contributed by atoms with Crippen LogP contribution in [0.3, 0.4) is 0 Å². The van der Waals surface area contributed by atoms with E-state index in [0.717, 1.165) is 60.7 Å². The topological polar surface area (TPSA) is 66.5 Å². The molecule has 2 aromatic rings. The molecule has 1 aliphatic rings. The largest absolute Gasteiger partial charge is 0.378 e. The summed E-state index contributed by atoms with van der Waals surface area (Å²) in [5.74, 6) is 0.989. The van der Waals surface area contributed by atoms with Crippen LogP contribution >= 0.6 is 0 Å². The number of nitrogens with zero attached hydrogens (tertiary/aromatic N) is 2. The zero-order valence-corrected chi connectivity index (χ0v) is 15.1. The second kappa shape index (κ2) is 7.70. The number of benzene rings is 1. The van der Waals surface area contributed by atoms with Gasteiger partial charge in [0.15, 0.2) is 0 Å². The van der Waals surface area contributed by atoms with E-state index in [4.69, 9.17) is 9.72 Å². The zero-order chi connectivity index (χ0) is 17.8. The lowest BCUT2D eigenvalue weighted by Gasteiger charge is -2.28. The monoisotopic (exact) mass is 342 g/mol. The highest BCUT2D eigenvalue weighted by molar-refractivity contribution is 5.94. The fraction of sp³-hybridized carbons (Fsp3) is 0.474. The van der Waals surface area contributed by atoms with Crippen LogP contribution in [0.4, 0.5) is 16.3 Å². The van der Waals surface area contributed by atoms with Gasteiger partial charge in [-0.15, -0.1) is 0 Å². The van der Waals surface area contributed by atoms with Crippen LogP contribution in [-0.4, -0.2) is 43.4 Å². The van der Waals surface area contributed by atoms with E-state index >= 15 is 0 Å². The normalized spacial score (nSPS) is 15.9. The third-order valence-electron chi connectivity index (χ3n) is 4.58. The average molecular weight is 342 g/mol. The first-order valence-electron chi connectivity index (χ1n) is 8.88. The molecule has 1 aromatic carbocycles. The molecule has 25 heavy (non-hydrogen) atoms. The van der Waals surface area contributed by atoms with Crippen LogP contribution in [0.1, 0.15) is 25.8 Å². The molecule has 1 fully saturated rings. The molecule has 0 aliphatic carbocycles. The summed E-state index contributed by atoms with van der Waals surface area (Å²) in [6, 6.07) is 7.93. The molecule has 1 aromatic heterocycles. The highest BCUT2D eigenvalue weighted by Gasteiger charge is 2.14. The van der Waals surface area contributed by atoms with Crippen molar-refractivity contribution in [3.05, 3.63) is 29.8 Å². The Hall–Kier alpha value is -2.34. The molecule has 1 atom stereocenters. The zero-order valence-electron chi connectivity index (χ0n) is 15.1. The average Bonchev–Trinajstić information content (AvgIpc) is 2.62. The molecule has 134 valence electrons. The summed E-state index contributed by atoms with van der Waals surface area (Å²) in [6.45, 7) is 9.33. The fourth-order valence-electron chi connectivity index (χ4n) is 2.90. The van der Waals surface area contributed by atoms with E-state index in [-0.39, 0.29) is 12.1 Å². The highest BCUT2D eigenvalue weighted by atomic mass is 16.5. The van der Waals surface area contributed by atoms with Crippen LogP contribution in [0.25, 0.3) is 10.9 Å². The van der Waals surface area contributed by atoms with Crippen LogP contribution < -0.4 is 15.5 Å². The van der Waals surface area contributed by atoms with Gasteiger partial charge in [-0.05, 0) is 50.1 Å². The Balaban J connectivity index is 1.81. The smallest absolute Gasteiger partial charge is 0.319 e. The number of nitrogens with one attached hydrogen (secondary N) is 2. The van der Waals surface area contributed by atoms with Crippen LogP contribution in [0.5, 0.6) is 0 Å². The van der Waals surface area contributed by atoms with Crippen LogP contribution in [0, 0.1) is 6.92 Å². The SMILES string of the molecule is CC[C@@H](C)NC(=O)Nc1ccc2nc(N3CCOCC3)cc(C)c2c1. The van der Waals surface area contributed by atoms with E-state index in [1.54, 1.807) is 0 Å². The third kappa shape index (κ3) is 4.20. The fourth-order valence-corrected chi connectivity index (χ4v) is 2.90. The quantitative estimate of drug-likeness (QED) is 0.895. The predicted molar refractivity (Wildman–Crippen MR) is 101 cm³/mol. The molecule has 3 rings (SSSR count). The number of carbonyl (C=O) groups is 1. The van der Waals surface area contributed by atoms with Crippen molar-refractivity contribution < 1.29 is 9.53 Å². The lowest BCUT2D eigenvalue weighted by atomic mass is 10.1. The minimum Gasteiger partial charge on any atom is -0.378 e. The van der Waals surface area contributed by atoms with Crippen molar-refractivity contribution in [1.29, 1.82) is 0 Å². The van der Waals surface area contributed by atoms with Gasteiger partial charge in [0, 0.05) is 30.2 Å². The van der Waals surface area contributed by atoms with E-state index in [1.807, 2.05) is 32.0 Å². The number of carbonyl (C=O) groups excluding carboxylic acids is 1. The van der Waals surface area contributed by atoms with Gasteiger partial charge in [0.1, 0.15) is 5.82 Å². The van der Waals surface area contributed by atoms with Crippen molar-refractivity contribution >= 4 is 28.4 Å². The number of rotatable bonds is 4. The Morgan fingerprint density at radius 3 is 2.80 bits per heavy atom. The molecule has 0 unspecified atom stereocenters.